The zero-order chi connectivity index (χ0) is 12.6. The Kier molecular flexibility index (Phi) is 2.97. The van der Waals surface area contributed by atoms with Gasteiger partial charge in [-0.25, -0.2) is 14.5 Å². The minimum Gasteiger partial charge on any atom is -0.477 e. The molecule has 0 aliphatic heterocycles. The van der Waals surface area contributed by atoms with Gasteiger partial charge in [0.15, 0.2) is 0 Å². The van der Waals surface area contributed by atoms with E-state index in [-0.39, 0.29) is 0 Å². The molecule has 2 rings (SSSR count). The topological polar surface area (TPSA) is 68.0 Å². The van der Waals surface area contributed by atoms with E-state index in [2.05, 4.69) is 10.1 Å². The molecular weight excluding hydrogens is 238 g/mol. The molecule has 0 fully saturated rings. The molecule has 0 spiro atoms. The fourth-order valence-electron chi connectivity index (χ4n) is 1.65. The van der Waals surface area contributed by atoms with Gasteiger partial charge in [0.1, 0.15) is 16.5 Å². The number of nitrogens with zero attached hydrogens (tertiary/aromatic N) is 3. The third-order valence-corrected chi connectivity index (χ3v) is 3.59. The summed E-state index contributed by atoms with van der Waals surface area (Å²) in [6.45, 7) is 6.22. The highest BCUT2D eigenvalue weighted by molar-refractivity contribution is 7.14. The van der Waals surface area contributed by atoms with Gasteiger partial charge in [-0.05, 0) is 32.4 Å². The van der Waals surface area contributed by atoms with Crippen molar-refractivity contribution in [2.24, 2.45) is 0 Å². The van der Waals surface area contributed by atoms with E-state index in [1.807, 2.05) is 20.8 Å². The van der Waals surface area contributed by atoms with Crippen molar-refractivity contribution in [3.8, 4) is 0 Å². The van der Waals surface area contributed by atoms with Crippen molar-refractivity contribution in [1.82, 2.24) is 14.8 Å². The van der Waals surface area contributed by atoms with Crippen LogP contribution in [0, 0.1) is 20.8 Å². The fraction of sp³-hybridized carbons (Fsp3) is 0.364. The van der Waals surface area contributed by atoms with Crippen LogP contribution in [0.15, 0.2) is 6.07 Å². The van der Waals surface area contributed by atoms with Crippen LogP contribution in [0.3, 0.4) is 0 Å². The Balaban J connectivity index is 2.30. The molecule has 90 valence electrons. The van der Waals surface area contributed by atoms with Gasteiger partial charge in [-0.2, -0.15) is 5.10 Å². The summed E-state index contributed by atoms with van der Waals surface area (Å²) in [7, 11) is 0. The lowest BCUT2D eigenvalue weighted by atomic mass is 10.2. The number of hydrogen-bond acceptors (Lipinski definition) is 4. The highest BCUT2D eigenvalue weighted by atomic mass is 32.1. The molecule has 0 unspecified atom stereocenters. The zero-order valence-electron chi connectivity index (χ0n) is 9.89. The first-order chi connectivity index (χ1) is 7.97. The number of carboxylic acid groups (broad SMARTS) is 1. The van der Waals surface area contributed by atoms with Gasteiger partial charge in [-0.15, -0.1) is 11.3 Å². The van der Waals surface area contributed by atoms with E-state index >= 15 is 0 Å². The maximum atomic E-state index is 10.9. The van der Waals surface area contributed by atoms with Crippen molar-refractivity contribution >= 4 is 17.3 Å². The standard InChI is InChI=1S/C11H13N3O2S/c1-6-9(4-10(17-6)11(15)16)5-14-8(3)12-7(2)13-14/h4H,5H2,1-3H3,(H,15,16). The van der Waals surface area contributed by atoms with Crippen LogP contribution in [0.4, 0.5) is 0 Å². The van der Waals surface area contributed by atoms with E-state index < -0.39 is 5.97 Å². The first kappa shape index (κ1) is 11.8. The van der Waals surface area contributed by atoms with E-state index in [9.17, 15) is 4.79 Å². The Bertz CT molecular complexity index is 571. The molecule has 17 heavy (non-hydrogen) atoms. The van der Waals surface area contributed by atoms with Crippen LogP contribution in [0.2, 0.25) is 0 Å². The molecular formula is C11H13N3O2S. The number of carboxylic acids is 1. The lowest BCUT2D eigenvalue weighted by Crippen LogP contribution is -2.04. The molecule has 5 nitrogen and oxygen atoms in total. The molecule has 0 aliphatic rings. The Morgan fingerprint density at radius 2 is 2.18 bits per heavy atom. The summed E-state index contributed by atoms with van der Waals surface area (Å²) in [4.78, 5) is 16.5. The lowest BCUT2D eigenvalue weighted by Gasteiger charge is -2.01. The molecule has 2 heterocycles. The minimum atomic E-state index is -0.879. The second-order valence-corrected chi connectivity index (χ2v) is 5.12. The number of aromatic nitrogens is 3. The summed E-state index contributed by atoms with van der Waals surface area (Å²) in [6, 6.07) is 1.71. The largest absolute Gasteiger partial charge is 0.477 e. The number of hydrogen-bond donors (Lipinski definition) is 1. The summed E-state index contributed by atoms with van der Waals surface area (Å²) in [5, 5.41) is 13.2. The van der Waals surface area contributed by atoms with Crippen LogP contribution >= 0.6 is 11.3 Å². The Morgan fingerprint density at radius 3 is 2.65 bits per heavy atom. The van der Waals surface area contributed by atoms with Crippen molar-refractivity contribution in [3.63, 3.8) is 0 Å². The molecule has 0 aliphatic carbocycles. The van der Waals surface area contributed by atoms with Crippen LogP contribution in [-0.2, 0) is 6.54 Å². The monoisotopic (exact) mass is 251 g/mol. The minimum absolute atomic E-state index is 0.368. The highest BCUT2D eigenvalue weighted by Crippen LogP contribution is 2.22. The zero-order valence-corrected chi connectivity index (χ0v) is 10.7. The summed E-state index contributed by atoms with van der Waals surface area (Å²) in [6.07, 6.45) is 0. The molecule has 2 aromatic heterocycles. The predicted molar refractivity (Wildman–Crippen MR) is 64.6 cm³/mol. The second kappa shape index (κ2) is 4.29. The maximum Gasteiger partial charge on any atom is 0.345 e. The summed E-state index contributed by atoms with van der Waals surface area (Å²) in [5.41, 5.74) is 0.986. The molecule has 0 amide bonds. The summed E-state index contributed by atoms with van der Waals surface area (Å²) < 4.78 is 1.79. The average Bonchev–Trinajstić information content (AvgIpc) is 2.73. The van der Waals surface area contributed by atoms with Crippen LogP contribution in [0.5, 0.6) is 0 Å². The van der Waals surface area contributed by atoms with Crippen molar-refractivity contribution in [2.45, 2.75) is 27.3 Å². The van der Waals surface area contributed by atoms with Crippen LogP contribution < -0.4 is 0 Å². The molecule has 1 N–H and O–H groups in total. The van der Waals surface area contributed by atoms with E-state index in [0.717, 1.165) is 22.1 Å². The van der Waals surface area contributed by atoms with Crippen molar-refractivity contribution < 1.29 is 9.90 Å². The number of aryl methyl sites for hydroxylation is 3. The normalized spacial score (nSPS) is 10.8. The average molecular weight is 251 g/mol. The third kappa shape index (κ3) is 2.36. The summed E-state index contributed by atoms with van der Waals surface area (Å²) in [5.74, 6) is 0.689. The number of rotatable bonds is 3. The number of aromatic carboxylic acids is 1. The van der Waals surface area contributed by atoms with Crippen molar-refractivity contribution in [1.29, 1.82) is 0 Å². The fourth-order valence-corrected chi connectivity index (χ4v) is 2.53. The van der Waals surface area contributed by atoms with Crippen LogP contribution in [0.1, 0.15) is 31.8 Å². The van der Waals surface area contributed by atoms with Crippen LogP contribution in [0.25, 0.3) is 0 Å². The highest BCUT2D eigenvalue weighted by Gasteiger charge is 2.12. The maximum absolute atomic E-state index is 10.9. The number of thiophene rings is 1. The Hall–Kier alpha value is -1.69. The molecule has 0 aromatic carbocycles. The van der Waals surface area contributed by atoms with Gasteiger partial charge in [0.25, 0.3) is 0 Å². The summed E-state index contributed by atoms with van der Waals surface area (Å²) >= 11 is 1.29. The van der Waals surface area contributed by atoms with Gasteiger partial charge in [-0.3, -0.25) is 0 Å². The number of carbonyl (C=O) groups is 1. The molecule has 0 saturated heterocycles. The van der Waals surface area contributed by atoms with Crippen LogP contribution in [-0.4, -0.2) is 25.8 Å². The molecule has 6 heteroatoms. The van der Waals surface area contributed by atoms with Gasteiger partial charge in [0.05, 0.1) is 6.54 Å². The predicted octanol–water partition coefficient (Wildman–Crippen LogP) is 2.01. The molecule has 2 aromatic rings. The van der Waals surface area contributed by atoms with E-state index in [4.69, 9.17) is 5.11 Å². The van der Waals surface area contributed by atoms with Gasteiger partial charge in [0.2, 0.25) is 0 Å². The van der Waals surface area contributed by atoms with E-state index in [1.165, 1.54) is 11.3 Å². The molecule has 0 radical (unpaired) electrons. The Morgan fingerprint density at radius 1 is 1.47 bits per heavy atom. The molecule has 0 bridgehead atoms. The first-order valence-electron chi connectivity index (χ1n) is 5.18. The van der Waals surface area contributed by atoms with Crippen molar-refractivity contribution in [3.05, 3.63) is 33.0 Å². The first-order valence-corrected chi connectivity index (χ1v) is 5.99. The van der Waals surface area contributed by atoms with Gasteiger partial charge in [0, 0.05) is 4.88 Å². The smallest absolute Gasteiger partial charge is 0.345 e. The van der Waals surface area contributed by atoms with Crippen molar-refractivity contribution in [2.75, 3.05) is 0 Å². The van der Waals surface area contributed by atoms with Gasteiger partial charge < -0.3 is 5.11 Å². The third-order valence-electron chi connectivity index (χ3n) is 2.51. The van der Waals surface area contributed by atoms with Gasteiger partial charge >= 0.3 is 5.97 Å². The molecule has 0 saturated carbocycles. The molecule has 0 atom stereocenters. The van der Waals surface area contributed by atoms with Gasteiger partial charge in [-0.1, -0.05) is 0 Å². The lowest BCUT2D eigenvalue weighted by molar-refractivity contribution is 0.0702. The quantitative estimate of drug-likeness (QED) is 0.906. The second-order valence-electron chi connectivity index (χ2n) is 3.86. The SMILES string of the molecule is Cc1nc(C)n(Cc2cc(C(=O)O)sc2C)n1. The Labute approximate surface area is 103 Å². The van der Waals surface area contributed by atoms with E-state index in [0.29, 0.717) is 11.4 Å². The van der Waals surface area contributed by atoms with E-state index in [1.54, 1.807) is 10.7 Å².